The molecule has 0 radical (unpaired) electrons. The molecule has 0 spiro atoms. The van der Waals surface area contributed by atoms with Gasteiger partial charge < -0.3 is 10.2 Å². The first kappa shape index (κ1) is 16.3. The SMILES string of the molecule is Cc1cc(Sc2nnc(N(C)C)s2)ccc1CNC(C)C. The van der Waals surface area contributed by atoms with Crippen LogP contribution in [-0.4, -0.2) is 30.3 Å². The van der Waals surface area contributed by atoms with Gasteiger partial charge in [0.2, 0.25) is 5.13 Å². The Morgan fingerprint density at radius 2 is 2.05 bits per heavy atom. The van der Waals surface area contributed by atoms with Crippen molar-refractivity contribution in [1.29, 1.82) is 0 Å². The quantitative estimate of drug-likeness (QED) is 0.880. The molecule has 0 bridgehead atoms. The van der Waals surface area contributed by atoms with E-state index in [4.69, 9.17) is 0 Å². The Morgan fingerprint density at radius 3 is 2.62 bits per heavy atom. The first-order valence-electron chi connectivity index (χ1n) is 6.97. The van der Waals surface area contributed by atoms with Crippen LogP contribution in [0.3, 0.4) is 0 Å². The van der Waals surface area contributed by atoms with Gasteiger partial charge in [-0.25, -0.2) is 0 Å². The van der Waals surface area contributed by atoms with Crippen LogP contribution in [0.15, 0.2) is 27.4 Å². The smallest absolute Gasteiger partial charge is 0.208 e. The second-order valence-corrected chi connectivity index (χ2v) is 7.75. The number of nitrogens with one attached hydrogen (secondary N) is 1. The van der Waals surface area contributed by atoms with Crippen LogP contribution in [0.1, 0.15) is 25.0 Å². The summed E-state index contributed by atoms with van der Waals surface area (Å²) in [5.41, 5.74) is 2.66. The van der Waals surface area contributed by atoms with Gasteiger partial charge in [-0.1, -0.05) is 43.0 Å². The highest BCUT2D eigenvalue weighted by molar-refractivity contribution is 8.01. The van der Waals surface area contributed by atoms with E-state index in [2.05, 4.69) is 54.5 Å². The van der Waals surface area contributed by atoms with Crippen molar-refractivity contribution in [3.8, 4) is 0 Å². The van der Waals surface area contributed by atoms with E-state index in [0.29, 0.717) is 6.04 Å². The monoisotopic (exact) mass is 322 g/mol. The average molecular weight is 323 g/mol. The summed E-state index contributed by atoms with van der Waals surface area (Å²) in [5.74, 6) is 0. The molecule has 1 N–H and O–H groups in total. The highest BCUT2D eigenvalue weighted by Crippen LogP contribution is 2.33. The highest BCUT2D eigenvalue weighted by Gasteiger charge is 2.08. The number of hydrogen-bond donors (Lipinski definition) is 1. The number of aromatic nitrogens is 2. The van der Waals surface area contributed by atoms with E-state index in [0.717, 1.165) is 16.0 Å². The van der Waals surface area contributed by atoms with Crippen LogP contribution >= 0.6 is 23.1 Å². The third kappa shape index (κ3) is 4.69. The molecule has 0 aliphatic carbocycles. The van der Waals surface area contributed by atoms with Crippen molar-refractivity contribution in [1.82, 2.24) is 15.5 Å². The van der Waals surface area contributed by atoms with Gasteiger partial charge in [-0.3, -0.25) is 0 Å². The van der Waals surface area contributed by atoms with E-state index < -0.39 is 0 Å². The average Bonchev–Trinajstić information content (AvgIpc) is 2.86. The molecule has 0 aliphatic rings. The lowest BCUT2D eigenvalue weighted by atomic mass is 10.1. The molecule has 0 saturated carbocycles. The Bertz CT molecular complexity index is 593. The summed E-state index contributed by atoms with van der Waals surface area (Å²) in [6, 6.07) is 7.08. The molecular weight excluding hydrogens is 300 g/mol. The maximum absolute atomic E-state index is 4.22. The van der Waals surface area contributed by atoms with E-state index in [9.17, 15) is 0 Å². The fourth-order valence-corrected chi connectivity index (χ4v) is 3.61. The lowest BCUT2D eigenvalue weighted by Gasteiger charge is -2.11. The maximum atomic E-state index is 4.22. The van der Waals surface area contributed by atoms with E-state index in [-0.39, 0.29) is 0 Å². The van der Waals surface area contributed by atoms with Gasteiger partial charge in [0.25, 0.3) is 0 Å². The van der Waals surface area contributed by atoms with Gasteiger partial charge in [-0.15, -0.1) is 10.2 Å². The molecule has 1 heterocycles. The van der Waals surface area contributed by atoms with Gasteiger partial charge in [-0.2, -0.15) is 0 Å². The molecule has 0 aliphatic heterocycles. The van der Waals surface area contributed by atoms with E-state index in [1.165, 1.54) is 16.0 Å². The zero-order valence-electron chi connectivity index (χ0n) is 13.2. The van der Waals surface area contributed by atoms with Crippen molar-refractivity contribution >= 4 is 28.2 Å². The molecule has 0 fully saturated rings. The van der Waals surface area contributed by atoms with Crippen molar-refractivity contribution < 1.29 is 0 Å². The van der Waals surface area contributed by atoms with E-state index in [1.807, 2.05) is 19.0 Å². The summed E-state index contributed by atoms with van der Waals surface area (Å²) >= 11 is 3.29. The number of nitrogens with zero attached hydrogens (tertiary/aromatic N) is 3. The number of benzene rings is 1. The number of anilines is 1. The van der Waals surface area contributed by atoms with Crippen molar-refractivity contribution in [3.63, 3.8) is 0 Å². The Morgan fingerprint density at radius 1 is 1.29 bits per heavy atom. The van der Waals surface area contributed by atoms with Crippen LogP contribution in [0.4, 0.5) is 5.13 Å². The topological polar surface area (TPSA) is 41.1 Å². The maximum Gasteiger partial charge on any atom is 0.208 e. The second-order valence-electron chi connectivity index (χ2n) is 5.47. The predicted octanol–water partition coefficient (Wildman–Crippen LogP) is 3.56. The summed E-state index contributed by atoms with van der Waals surface area (Å²) in [6.45, 7) is 7.40. The molecule has 2 aromatic rings. The molecule has 6 heteroatoms. The number of hydrogen-bond acceptors (Lipinski definition) is 6. The normalized spacial score (nSPS) is 11.1. The molecule has 0 saturated heterocycles. The fraction of sp³-hybridized carbons (Fsp3) is 0.467. The van der Waals surface area contributed by atoms with Gasteiger partial charge in [0, 0.05) is 31.6 Å². The van der Waals surface area contributed by atoms with Crippen LogP contribution in [0.5, 0.6) is 0 Å². The first-order chi connectivity index (χ1) is 9.95. The summed E-state index contributed by atoms with van der Waals surface area (Å²) in [6.07, 6.45) is 0. The minimum Gasteiger partial charge on any atom is -0.353 e. The summed E-state index contributed by atoms with van der Waals surface area (Å²) in [5, 5.41) is 12.8. The van der Waals surface area contributed by atoms with Crippen LogP contribution in [0, 0.1) is 6.92 Å². The largest absolute Gasteiger partial charge is 0.353 e. The molecule has 1 aromatic heterocycles. The molecular formula is C15H22N4S2. The third-order valence-corrected chi connectivity index (χ3v) is 5.13. The Balaban J connectivity index is 2.05. The van der Waals surface area contributed by atoms with Crippen molar-refractivity contribution in [2.45, 2.75) is 42.6 Å². The first-order valence-corrected chi connectivity index (χ1v) is 8.60. The predicted molar refractivity (Wildman–Crippen MR) is 91.5 cm³/mol. The van der Waals surface area contributed by atoms with Crippen molar-refractivity contribution in [2.24, 2.45) is 0 Å². The summed E-state index contributed by atoms with van der Waals surface area (Å²) in [7, 11) is 3.96. The lowest BCUT2D eigenvalue weighted by Crippen LogP contribution is -2.22. The molecule has 0 unspecified atom stereocenters. The summed E-state index contributed by atoms with van der Waals surface area (Å²) in [4.78, 5) is 3.19. The fourth-order valence-electron chi connectivity index (χ4n) is 1.77. The molecule has 0 amide bonds. The van der Waals surface area contributed by atoms with Gasteiger partial charge in [0.05, 0.1) is 0 Å². The van der Waals surface area contributed by atoms with Crippen LogP contribution < -0.4 is 10.2 Å². The lowest BCUT2D eigenvalue weighted by molar-refractivity contribution is 0.587. The van der Waals surface area contributed by atoms with Gasteiger partial charge >= 0.3 is 0 Å². The minimum atomic E-state index is 0.504. The molecule has 21 heavy (non-hydrogen) atoms. The molecule has 114 valence electrons. The van der Waals surface area contributed by atoms with Crippen LogP contribution in [0.2, 0.25) is 0 Å². The van der Waals surface area contributed by atoms with E-state index in [1.54, 1.807) is 23.1 Å². The Kier molecular flexibility index (Phi) is 5.61. The molecule has 4 nitrogen and oxygen atoms in total. The van der Waals surface area contributed by atoms with Gasteiger partial charge in [0.15, 0.2) is 4.34 Å². The van der Waals surface area contributed by atoms with Gasteiger partial charge in [0.1, 0.15) is 0 Å². The Hall–Kier alpha value is -1.11. The molecule has 1 aromatic carbocycles. The second kappa shape index (κ2) is 7.24. The molecule has 0 atom stereocenters. The summed E-state index contributed by atoms with van der Waals surface area (Å²) < 4.78 is 0.978. The number of aryl methyl sites for hydroxylation is 1. The Labute approximate surface area is 135 Å². The standard InChI is InChI=1S/C15H22N4S2/c1-10(2)16-9-12-6-7-13(8-11(12)3)20-15-18-17-14(21-15)19(4)5/h6-8,10,16H,9H2,1-5H3. The van der Waals surface area contributed by atoms with Crippen molar-refractivity contribution in [2.75, 3.05) is 19.0 Å². The zero-order valence-corrected chi connectivity index (χ0v) is 14.8. The zero-order chi connectivity index (χ0) is 15.4. The highest BCUT2D eigenvalue weighted by atomic mass is 32.2. The van der Waals surface area contributed by atoms with Crippen molar-refractivity contribution in [3.05, 3.63) is 29.3 Å². The van der Waals surface area contributed by atoms with Crippen LogP contribution in [-0.2, 0) is 6.54 Å². The van der Waals surface area contributed by atoms with Gasteiger partial charge in [-0.05, 0) is 30.2 Å². The third-order valence-electron chi connectivity index (χ3n) is 3.00. The van der Waals surface area contributed by atoms with E-state index >= 15 is 0 Å². The molecule has 2 rings (SSSR count). The minimum absolute atomic E-state index is 0.504. The number of rotatable bonds is 6. The van der Waals surface area contributed by atoms with Crippen LogP contribution in [0.25, 0.3) is 0 Å².